The third-order valence-electron chi connectivity index (χ3n) is 1.50. The lowest BCUT2D eigenvalue weighted by Gasteiger charge is -2.15. The van der Waals surface area contributed by atoms with Gasteiger partial charge in [0.05, 0.1) is 12.9 Å². The average molecular weight is 244 g/mol. The number of anilines is 1. The zero-order valence-electron chi connectivity index (χ0n) is 6.94. The number of nitrogens with one attached hydrogen (secondary N) is 1. The Hall–Kier alpha value is -0.940. The first-order valence-electron chi connectivity index (χ1n) is 3.77. The zero-order valence-corrected chi connectivity index (χ0v) is 8.53. The van der Waals surface area contributed by atoms with Gasteiger partial charge in [0.2, 0.25) is 0 Å². The molecule has 1 heterocycles. The summed E-state index contributed by atoms with van der Waals surface area (Å²) in [7, 11) is 0. The Morgan fingerprint density at radius 2 is 2.38 bits per heavy atom. The van der Waals surface area contributed by atoms with E-state index in [-0.39, 0.29) is 6.61 Å². The van der Waals surface area contributed by atoms with E-state index in [0.29, 0.717) is 12.4 Å². The number of nitrogens with zero attached hydrogens (tertiary/aromatic N) is 2. The molecule has 1 aromatic heterocycles. The molecule has 0 saturated heterocycles. The second kappa shape index (κ2) is 4.94. The van der Waals surface area contributed by atoms with Gasteiger partial charge < -0.3 is 10.0 Å². The second-order valence-electron chi connectivity index (χ2n) is 2.38. The van der Waals surface area contributed by atoms with E-state index >= 15 is 0 Å². The van der Waals surface area contributed by atoms with Gasteiger partial charge in [0, 0.05) is 17.2 Å². The van der Waals surface area contributed by atoms with Crippen LogP contribution in [0.15, 0.2) is 22.8 Å². The van der Waals surface area contributed by atoms with Crippen LogP contribution in [0, 0.1) is 5.41 Å². The van der Waals surface area contributed by atoms with Crippen molar-refractivity contribution < 1.29 is 5.11 Å². The van der Waals surface area contributed by atoms with Gasteiger partial charge in [-0.25, -0.2) is 4.98 Å². The van der Waals surface area contributed by atoms with Gasteiger partial charge >= 0.3 is 0 Å². The Balaban J connectivity index is 2.79. The Morgan fingerprint density at radius 3 is 2.85 bits per heavy atom. The van der Waals surface area contributed by atoms with E-state index in [1.165, 1.54) is 0 Å². The summed E-state index contributed by atoms with van der Waals surface area (Å²) in [5.41, 5.74) is 0. The first-order chi connectivity index (χ1) is 6.27. The summed E-state index contributed by atoms with van der Waals surface area (Å²) in [6.45, 7) is 0.394. The molecular formula is C8H10BrN3O. The number of aromatic nitrogens is 1. The van der Waals surface area contributed by atoms with Gasteiger partial charge in [0.25, 0.3) is 0 Å². The van der Waals surface area contributed by atoms with E-state index < -0.39 is 0 Å². The van der Waals surface area contributed by atoms with Crippen LogP contribution in [0.25, 0.3) is 0 Å². The topological polar surface area (TPSA) is 60.2 Å². The fourth-order valence-electron chi connectivity index (χ4n) is 0.891. The number of pyridine rings is 1. The van der Waals surface area contributed by atoms with Crippen molar-refractivity contribution in [3.05, 3.63) is 22.8 Å². The van der Waals surface area contributed by atoms with Gasteiger partial charge in [-0.1, -0.05) is 0 Å². The highest BCUT2D eigenvalue weighted by molar-refractivity contribution is 9.10. The summed E-state index contributed by atoms with van der Waals surface area (Å²) in [5.74, 6) is 0.659. The van der Waals surface area contributed by atoms with Crippen molar-refractivity contribution in [2.45, 2.75) is 0 Å². The third kappa shape index (κ3) is 2.78. The quantitative estimate of drug-likeness (QED) is 0.619. The molecule has 0 aliphatic rings. The number of aliphatic hydroxyl groups excluding tert-OH is 1. The van der Waals surface area contributed by atoms with Crippen LogP contribution in [0.4, 0.5) is 5.82 Å². The largest absolute Gasteiger partial charge is 0.395 e. The molecule has 70 valence electrons. The highest BCUT2D eigenvalue weighted by atomic mass is 79.9. The number of rotatable bonds is 4. The Labute approximate surface area is 84.9 Å². The van der Waals surface area contributed by atoms with Crippen LogP contribution in [0.2, 0.25) is 0 Å². The molecule has 0 unspecified atom stereocenters. The fraction of sp³-hybridized carbons (Fsp3) is 0.250. The molecule has 1 rings (SSSR count). The van der Waals surface area contributed by atoms with E-state index in [1.54, 1.807) is 17.2 Å². The van der Waals surface area contributed by atoms with Crippen LogP contribution in [-0.4, -0.2) is 29.6 Å². The molecule has 0 spiro atoms. The van der Waals surface area contributed by atoms with Crippen LogP contribution in [0.5, 0.6) is 0 Å². The molecule has 13 heavy (non-hydrogen) atoms. The molecule has 0 radical (unpaired) electrons. The van der Waals surface area contributed by atoms with Crippen molar-refractivity contribution in [3.8, 4) is 0 Å². The smallest absolute Gasteiger partial charge is 0.133 e. The maximum atomic E-state index is 8.70. The van der Waals surface area contributed by atoms with Crippen molar-refractivity contribution in [2.75, 3.05) is 18.1 Å². The van der Waals surface area contributed by atoms with Crippen LogP contribution >= 0.6 is 15.9 Å². The number of halogens is 1. The molecule has 5 heteroatoms. The first-order valence-corrected chi connectivity index (χ1v) is 4.57. The van der Waals surface area contributed by atoms with Gasteiger partial charge in [0.15, 0.2) is 0 Å². The summed E-state index contributed by atoms with van der Waals surface area (Å²) < 4.78 is 0.894. The molecule has 1 aromatic rings. The van der Waals surface area contributed by atoms with E-state index in [0.717, 1.165) is 10.8 Å². The van der Waals surface area contributed by atoms with E-state index in [9.17, 15) is 0 Å². The van der Waals surface area contributed by atoms with Crippen molar-refractivity contribution >= 4 is 28.1 Å². The van der Waals surface area contributed by atoms with E-state index in [2.05, 4.69) is 20.9 Å². The first kappa shape index (κ1) is 10.1. The van der Waals surface area contributed by atoms with Crippen molar-refractivity contribution in [2.24, 2.45) is 0 Å². The SMILES string of the molecule is N=CN(CCO)c1ccc(Br)cn1. The molecule has 0 aromatic carbocycles. The average Bonchev–Trinajstić information content (AvgIpc) is 2.16. The van der Waals surface area contributed by atoms with Crippen LogP contribution < -0.4 is 4.90 Å². The van der Waals surface area contributed by atoms with E-state index in [1.807, 2.05) is 6.07 Å². The minimum atomic E-state index is 0.00707. The number of hydrogen-bond acceptors (Lipinski definition) is 3. The number of aliphatic hydroxyl groups is 1. The lowest BCUT2D eigenvalue weighted by atomic mass is 10.4. The molecule has 0 bridgehead atoms. The Kier molecular flexibility index (Phi) is 3.85. The molecular weight excluding hydrogens is 234 g/mol. The summed E-state index contributed by atoms with van der Waals surface area (Å²) in [6, 6.07) is 3.63. The van der Waals surface area contributed by atoms with Gasteiger partial charge in [-0.05, 0) is 28.1 Å². The fourth-order valence-corrected chi connectivity index (χ4v) is 1.13. The summed E-state index contributed by atoms with van der Waals surface area (Å²) in [6.07, 6.45) is 2.80. The predicted molar refractivity (Wildman–Crippen MR) is 55.2 cm³/mol. The highest BCUT2D eigenvalue weighted by Crippen LogP contribution is 2.13. The van der Waals surface area contributed by atoms with Crippen LogP contribution in [0.1, 0.15) is 0 Å². The van der Waals surface area contributed by atoms with Gasteiger partial charge in [0.1, 0.15) is 5.82 Å². The summed E-state index contributed by atoms with van der Waals surface area (Å²) >= 11 is 3.27. The van der Waals surface area contributed by atoms with Crippen LogP contribution in [0.3, 0.4) is 0 Å². The van der Waals surface area contributed by atoms with Crippen LogP contribution in [-0.2, 0) is 0 Å². The van der Waals surface area contributed by atoms with Gasteiger partial charge in [-0.2, -0.15) is 0 Å². The minimum absolute atomic E-state index is 0.00707. The monoisotopic (exact) mass is 243 g/mol. The third-order valence-corrected chi connectivity index (χ3v) is 1.97. The maximum Gasteiger partial charge on any atom is 0.133 e. The second-order valence-corrected chi connectivity index (χ2v) is 3.30. The van der Waals surface area contributed by atoms with Gasteiger partial charge in [-0.3, -0.25) is 5.41 Å². The predicted octanol–water partition coefficient (Wildman–Crippen LogP) is 1.25. The molecule has 0 saturated carbocycles. The van der Waals surface area contributed by atoms with Crippen molar-refractivity contribution in [3.63, 3.8) is 0 Å². The normalized spacial score (nSPS) is 9.69. The van der Waals surface area contributed by atoms with Crippen molar-refractivity contribution in [1.29, 1.82) is 5.41 Å². The molecule has 0 fully saturated rings. The standard InChI is InChI=1S/C8H10BrN3O/c9-7-1-2-8(11-5-7)12(6-10)3-4-13/h1-2,5-6,10,13H,3-4H2. The molecule has 0 amide bonds. The Morgan fingerprint density at radius 1 is 1.62 bits per heavy atom. The molecule has 0 aliphatic heterocycles. The number of hydrogen-bond donors (Lipinski definition) is 2. The summed E-state index contributed by atoms with van der Waals surface area (Å²) in [5, 5.41) is 15.8. The minimum Gasteiger partial charge on any atom is -0.395 e. The zero-order chi connectivity index (χ0) is 9.68. The van der Waals surface area contributed by atoms with Crippen molar-refractivity contribution in [1.82, 2.24) is 4.98 Å². The highest BCUT2D eigenvalue weighted by Gasteiger charge is 2.02. The lowest BCUT2D eigenvalue weighted by molar-refractivity contribution is 0.306. The van der Waals surface area contributed by atoms with E-state index in [4.69, 9.17) is 10.5 Å². The molecule has 0 atom stereocenters. The van der Waals surface area contributed by atoms with Gasteiger partial charge in [-0.15, -0.1) is 0 Å². The Bertz CT molecular complexity index is 275. The molecule has 0 aliphatic carbocycles. The maximum absolute atomic E-state index is 8.70. The summed E-state index contributed by atoms with van der Waals surface area (Å²) in [4.78, 5) is 5.65. The molecule has 2 N–H and O–H groups in total. The lowest BCUT2D eigenvalue weighted by Crippen LogP contribution is -2.25. The molecule has 4 nitrogen and oxygen atoms in total.